The highest BCUT2D eigenvalue weighted by atomic mass is 28.4. The summed E-state index contributed by atoms with van der Waals surface area (Å²) in [4.78, 5) is 14.9. The first-order valence-electron chi connectivity index (χ1n) is 13.8. The van der Waals surface area contributed by atoms with Crippen molar-refractivity contribution >= 4 is 39.2 Å². The average molecular weight is 546 g/mol. The van der Waals surface area contributed by atoms with Crippen LogP contribution in [-0.4, -0.2) is 57.2 Å². The highest BCUT2D eigenvalue weighted by Crippen LogP contribution is 2.26. The Balaban J connectivity index is 4.85. The predicted molar refractivity (Wildman–Crippen MR) is 162 cm³/mol. The number of unbranched alkanes of at least 4 members (excludes halogenated alkanes) is 2. The Morgan fingerprint density at radius 3 is 1.21 bits per heavy atom. The largest absolute Gasteiger partial charge is 0.455 e. The Bertz CT molecular complexity index is 581. The molecule has 0 N–H and O–H groups in total. The van der Waals surface area contributed by atoms with E-state index >= 15 is 0 Å². The summed E-state index contributed by atoms with van der Waals surface area (Å²) in [6.45, 7) is 30.8. The van der Waals surface area contributed by atoms with Crippen molar-refractivity contribution in [1.82, 2.24) is 4.90 Å². The van der Waals surface area contributed by atoms with Crippen LogP contribution < -0.4 is 0 Å². The molecule has 0 fully saturated rings. The molecular formula is C26H59NO3Si4. The number of carbonyl (C=O) groups is 1. The Morgan fingerprint density at radius 1 is 0.647 bits per heavy atom. The molecule has 0 aromatic rings. The van der Waals surface area contributed by atoms with Crippen molar-refractivity contribution in [3.8, 4) is 0 Å². The summed E-state index contributed by atoms with van der Waals surface area (Å²) < 4.78 is 13.5. The molecule has 0 unspecified atom stereocenters. The molecule has 0 saturated heterocycles. The quantitative estimate of drug-likeness (QED) is 0.120. The summed E-state index contributed by atoms with van der Waals surface area (Å²) in [6, 6.07) is 4.71. The number of carbonyl (C=O) groups excluding carboxylic acids is 1. The van der Waals surface area contributed by atoms with Crippen molar-refractivity contribution in [2.24, 2.45) is 0 Å². The fourth-order valence-corrected chi connectivity index (χ4v) is 22.9. The van der Waals surface area contributed by atoms with E-state index < -0.39 is 33.3 Å². The van der Waals surface area contributed by atoms with Crippen molar-refractivity contribution in [1.29, 1.82) is 0 Å². The molecule has 4 nitrogen and oxygen atoms in total. The molecule has 0 spiro atoms. The van der Waals surface area contributed by atoms with E-state index in [0.717, 1.165) is 38.0 Å². The third kappa shape index (κ3) is 15.9. The van der Waals surface area contributed by atoms with Crippen LogP contribution in [-0.2, 0) is 13.0 Å². The first kappa shape index (κ1) is 34.0. The van der Waals surface area contributed by atoms with Gasteiger partial charge in [-0.3, -0.25) is 4.79 Å². The molecule has 0 aromatic carbocycles. The van der Waals surface area contributed by atoms with Crippen molar-refractivity contribution in [3.63, 3.8) is 0 Å². The van der Waals surface area contributed by atoms with E-state index in [1.165, 1.54) is 37.8 Å². The van der Waals surface area contributed by atoms with Crippen molar-refractivity contribution < 1.29 is 13.0 Å². The number of nitrogens with zero attached hydrogens (tertiary/aromatic N) is 1. The number of amides is 1. The molecule has 202 valence electrons. The predicted octanol–water partition coefficient (Wildman–Crippen LogP) is 8.63. The maximum Gasteiger partial charge on any atom is 0.248 e. The molecule has 8 heteroatoms. The zero-order valence-corrected chi connectivity index (χ0v) is 28.9. The van der Waals surface area contributed by atoms with Crippen molar-refractivity contribution in [2.45, 2.75) is 136 Å². The van der Waals surface area contributed by atoms with Crippen LogP contribution in [0.2, 0.25) is 76.6 Å². The van der Waals surface area contributed by atoms with Crippen molar-refractivity contribution in [2.75, 3.05) is 13.1 Å². The van der Waals surface area contributed by atoms with E-state index in [0.29, 0.717) is 5.57 Å². The van der Waals surface area contributed by atoms with Gasteiger partial charge < -0.3 is 13.1 Å². The van der Waals surface area contributed by atoms with Crippen LogP contribution in [0.5, 0.6) is 0 Å². The number of hydrogen-bond acceptors (Lipinski definition) is 3. The zero-order valence-electron chi connectivity index (χ0n) is 24.9. The van der Waals surface area contributed by atoms with E-state index in [-0.39, 0.29) is 5.91 Å². The summed E-state index contributed by atoms with van der Waals surface area (Å²) in [6.07, 6.45) is 7.06. The lowest BCUT2D eigenvalue weighted by atomic mass is 10.2. The maximum atomic E-state index is 12.8. The van der Waals surface area contributed by atoms with Crippen LogP contribution in [0, 0.1) is 0 Å². The molecule has 1 amide bonds. The lowest BCUT2D eigenvalue weighted by Crippen LogP contribution is -2.45. The van der Waals surface area contributed by atoms with Crippen LogP contribution in [0.15, 0.2) is 12.2 Å². The van der Waals surface area contributed by atoms with Crippen molar-refractivity contribution in [3.05, 3.63) is 12.2 Å². The van der Waals surface area contributed by atoms with Gasteiger partial charge in [0, 0.05) is 18.7 Å². The minimum absolute atomic E-state index is 0.107. The SMILES string of the molecule is C=C(C)C(=O)N(CCC[Si](C)(C)O[Si](C)(C)CCCC)CCC[Si](C)(C)O[Si](C)(C)CCCC. The molecule has 0 aliphatic rings. The van der Waals surface area contributed by atoms with Crippen LogP contribution >= 0.6 is 0 Å². The second-order valence-corrected chi connectivity index (χ2v) is 30.4. The average Bonchev–Trinajstić information content (AvgIpc) is 2.67. The Labute approximate surface area is 217 Å². The second-order valence-electron chi connectivity index (χ2n) is 12.7. The number of rotatable bonds is 19. The van der Waals surface area contributed by atoms with Gasteiger partial charge in [-0.25, -0.2) is 0 Å². The number of hydrogen-bond donors (Lipinski definition) is 0. The van der Waals surface area contributed by atoms with Gasteiger partial charge in [-0.15, -0.1) is 0 Å². The summed E-state index contributed by atoms with van der Waals surface area (Å²) in [7, 11) is -6.62. The van der Waals surface area contributed by atoms with Gasteiger partial charge in [-0.05, 0) is 96.3 Å². The molecule has 0 heterocycles. The molecule has 0 aliphatic heterocycles. The Hall–Kier alpha value is -0.00247. The van der Waals surface area contributed by atoms with Gasteiger partial charge in [-0.2, -0.15) is 0 Å². The van der Waals surface area contributed by atoms with Gasteiger partial charge in [0.15, 0.2) is 33.3 Å². The second kappa shape index (κ2) is 15.3. The van der Waals surface area contributed by atoms with Gasteiger partial charge >= 0.3 is 0 Å². The molecule has 0 saturated carbocycles. The lowest BCUT2D eigenvalue weighted by Gasteiger charge is -2.35. The molecule has 0 bridgehead atoms. The third-order valence-electron chi connectivity index (χ3n) is 6.44. The standard InChI is InChI=1S/C26H59NO3Si4/c1-13-15-21-31(5,6)29-33(9,10)23-17-19-27(26(28)25(3)4)20-18-24-34(11,12)30-32(7,8)22-16-14-2/h3,13-24H2,1-2,4-12H3. The summed E-state index contributed by atoms with van der Waals surface area (Å²) in [5.41, 5.74) is 0.640. The van der Waals surface area contributed by atoms with Gasteiger partial charge in [0.25, 0.3) is 0 Å². The van der Waals surface area contributed by atoms with E-state index in [1.807, 2.05) is 11.8 Å². The van der Waals surface area contributed by atoms with Gasteiger partial charge in [-0.1, -0.05) is 46.1 Å². The first-order valence-corrected chi connectivity index (χ1v) is 26.3. The Morgan fingerprint density at radius 2 is 0.941 bits per heavy atom. The summed E-state index contributed by atoms with van der Waals surface area (Å²) in [5, 5.41) is 0. The molecule has 0 atom stereocenters. The van der Waals surface area contributed by atoms with E-state index in [1.54, 1.807) is 0 Å². The van der Waals surface area contributed by atoms with E-state index in [2.05, 4.69) is 72.8 Å². The highest BCUT2D eigenvalue weighted by molar-refractivity contribution is 6.85. The minimum atomic E-state index is -1.72. The fourth-order valence-electron chi connectivity index (χ4n) is 4.88. The van der Waals surface area contributed by atoms with Crippen LogP contribution in [0.1, 0.15) is 59.3 Å². The first-order chi connectivity index (χ1) is 15.5. The molecule has 0 radical (unpaired) electrons. The normalized spacial score (nSPS) is 13.3. The topological polar surface area (TPSA) is 38.8 Å². The molecular weight excluding hydrogens is 487 g/mol. The van der Waals surface area contributed by atoms with Gasteiger partial charge in [0.05, 0.1) is 0 Å². The summed E-state index contributed by atoms with van der Waals surface area (Å²) >= 11 is 0. The minimum Gasteiger partial charge on any atom is -0.455 e. The molecule has 0 aliphatic carbocycles. The fraction of sp³-hybridized carbons (Fsp3) is 0.885. The van der Waals surface area contributed by atoms with E-state index in [9.17, 15) is 4.79 Å². The molecule has 0 aromatic heterocycles. The lowest BCUT2D eigenvalue weighted by molar-refractivity contribution is -0.127. The summed E-state index contributed by atoms with van der Waals surface area (Å²) in [5.74, 6) is 0.107. The van der Waals surface area contributed by atoms with Gasteiger partial charge in [0.2, 0.25) is 5.91 Å². The smallest absolute Gasteiger partial charge is 0.248 e. The van der Waals surface area contributed by atoms with Crippen LogP contribution in [0.4, 0.5) is 0 Å². The maximum absolute atomic E-state index is 12.8. The zero-order chi connectivity index (χ0) is 26.6. The van der Waals surface area contributed by atoms with Gasteiger partial charge in [0.1, 0.15) is 0 Å². The van der Waals surface area contributed by atoms with Crippen LogP contribution in [0.25, 0.3) is 0 Å². The highest BCUT2D eigenvalue weighted by Gasteiger charge is 2.34. The Kier molecular flexibility index (Phi) is 15.3. The van der Waals surface area contributed by atoms with E-state index in [4.69, 9.17) is 8.23 Å². The monoisotopic (exact) mass is 545 g/mol. The third-order valence-corrected chi connectivity index (χ3v) is 21.5. The molecule has 34 heavy (non-hydrogen) atoms. The van der Waals surface area contributed by atoms with Crippen LogP contribution in [0.3, 0.4) is 0 Å². The molecule has 0 rings (SSSR count).